The fourth-order valence-corrected chi connectivity index (χ4v) is 2.81. The summed E-state index contributed by atoms with van der Waals surface area (Å²) in [6, 6.07) is 6.01. The number of fused-ring (bicyclic) bond motifs is 3. The Morgan fingerprint density at radius 2 is 1.95 bits per heavy atom. The van der Waals surface area contributed by atoms with E-state index >= 15 is 0 Å². The van der Waals surface area contributed by atoms with Crippen molar-refractivity contribution in [2.75, 3.05) is 13.7 Å². The maximum atomic E-state index is 12.3. The minimum Gasteiger partial charge on any atom is -0.494 e. The summed E-state index contributed by atoms with van der Waals surface area (Å²) >= 11 is 0. The molecule has 0 amide bonds. The van der Waals surface area contributed by atoms with Crippen molar-refractivity contribution < 1.29 is 14.3 Å². The van der Waals surface area contributed by atoms with E-state index in [1.165, 1.54) is 20.0 Å². The number of rotatable bonds is 6. The van der Waals surface area contributed by atoms with Gasteiger partial charge in [-0.3, -0.25) is 4.79 Å². The molecular weight excluding hydrogens is 276 g/mol. The molecule has 0 aromatic heterocycles. The summed E-state index contributed by atoms with van der Waals surface area (Å²) in [5.41, 5.74) is 3.79. The lowest BCUT2D eigenvalue weighted by Crippen LogP contribution is -2.10. The number of Topliss-reactive ketones (excluding diaryl/α,β-unsaturated/α-hetero) is 1. The van der Waals surface area contributed by atoms with Gasteiger partial charge in [0.15, 0.2) is 5.76 Å². The Balaban J connectivity index is 1.81. The average Bonchev–Trinajstić information content (AvgIpc) is 2.91. The van der Waals surface area contributed by atoms with Gasteiger partial charge in [0, 0.05) is 5.57 Å². The number of allylic oxidation sites excluding steroid dienone is 4. The molecule has 0 heterocycles. The van der Waals surface area contributed by atoms with E-state index in [-0.39, 0.29) is 5.78 Å². The molecule has 0 aliphatic heterocycles. The lowest BCUT2D eigenvalue weighted by atomic mass is 9.95. The summed E-state index contributed by atoms with van der Waals surface area (Å²) < 4.78 is 10.9. The molecule has 114 valence electrons. The zero-order chi connectivity index (χ0) is 15.5. The van der Waals surface area contributed by atoms with Crippen LogP contribution in [0.15, 0.2) is 41.7 Å². The van der Waals surface area contributed by atoms with Crippen LogP contribution in [0.25, 0.3) is 11.6 Å². The molecule has 0 atom stereocenters. The van der Waals surface area contributed by atoms with Gasteiger partial charge >= 0.3 is 0 Å². The number of carbonyl (C=O) groups excluding carboxylic acids is 1. The van der Waals surface area contributed by atoms with Crippen LogP contribution in [0.5, 0.6) is 5.75 Å². The molecule has 0 saturated heterocycles. The van der Waals surface area contributed by atoms with E-state index in [0.29, 0.717) is 11.3 Å². The molecule has 3 nitrogen and oxygen atoms in total. The molecule has 1 aromatic carbocycles. The number of benzene rings is 1. The molecule has 1 aromatic rings. The van der Waals surface area contributed by atoms with Crippen LogP contribution < -0.4 is 4.74 Å². The molecule has 0 saturated carbocycles. The molecule has 0 spiro atoms. The van der Waals surface area contributed by atoms with Crippen LogP contribution in [0.3, 0.4) is 0 Å². The number of hydrogen-bond acceptors (Lipinski definition) is 3. The first-order valence-electron chi connectivity index (χ1n) is 7.74. The van der Waals surface area contributed by atoms with Gasteiger partial charge in [-0.15, -0.1) is 0 Å². The van der Waals surface area contributed by atoms with E-state index in [9.17, 15) is 4.79 Å². The normalized spacial score (nSPS) is 15.5. The van der Waals surface area contributed by atoms with Crippen molar-refractivity contribution in [3.8, 4) is 5.75 Å². The number of ketones is 1. The molecule has 0 N–H and O–H groups in total. The zero-order valence-corrected chi connectivity index (χ0v) is 13.0. The molecule has 2 aliphatic rings. The molecule has 0 unspecified atom stereocenters. The maximum absolute atomic E-state index is 12.3. The maximum Gasteiger partial charge on any atom is 0.228 e. The first kappa shape index (κ1) is 14.6. The third-order valence-corrected chi connectivity index (χ3v) is 4.01. The molecule has 2 aliphatic carbocycles. The van der Waals surface area contributed by atoms with Gasteiger partial charge in [0.1, 0.15) is 5.75 Å². The highest BCUT2D eigenvalue weighted by Crippen LogP contribution is 2.40. The standard InChI is InChI=1S/C19H20O3/c1-3-4-5-10-22-14-6-7-15-13(11-14)12-17-16(15)8-9-18(21-2)19(17)20/h6-9,11-12H,3-5,10H2,1-2H3. The van der Waals surface area contributed by atoms with Crippen molar-refractivity contribution in [3.63, 3.8) is 0 Å². The second-order valence-corrected chi connectivity index (χ2v) is 5.51. The van der Waals surface area contributed by atoms with Gasteiger partial charge in [-0.25, -0.2) is 0 Å². The highest BCUT2D eigenvalue weighted by atomic mass is 16.5. The fourth-order valence-electron chi connectivity index (χ4n) is 2.81. The van der Waals surface area contributed by atoms with E-state index in [1.807, 2.05) is 30.4 Å². The summed E-state index contributed by atoms with van der Waals surface area (Å²) in [5.74, 6) is 1.19. The van der Waals surface area contributed by atoms with Gasteiger partial charge in [-0.1, -0.05) is 25.8 Å². The smallest absolute Gasteiger partial charge is 0.228 e. The number of carbonyl (C=O) groups is 1. The SMILES string of the molecule is CCCCCOc1ccc2c(c1)C=C1C(=O)C(OC)=CC=C12. The third-order valence-electron chi connectivity index (χ3n) is 4.01. The number of unbranched alkanes of at least 4 members (excludes halogenated alkanes) is 2. The summed E-state index contributed by atoms with van der Waals surface area (Å²) in [4.78, 5) is 12.3. The van der Waals surface area contributed by atoms with Crippen LogP contribution in [-0.4, -0.2) is 19.5 Å². The molecular formula is C19H20O3. The summed E-state index contributed by atoms with van der Waals surface area (Å²) in [6.07, 6.45) is 9.04. The minimum absolute atomic E-state index is 0.0541. The van der Waals surface area contributed by atoms with Crippen molar-refractivity contribution in [1.82, 2.24) is 0 Å². The first-order chi connectivity index (χ1) is 10.7. The molecule has 0 radical (unpaired) electrons. The van der Waals surface area contributed by atoms with Gasteiger partial charge in [-0.2, -0.15) is 0 Å². The van der Waals surface area contributed by atoms with E-state index in [0.717, 1.165) is 35.5 Å². The average molecular weight is 296 g/mol. The quantitative estimate of drug-likeness (QED) is 0.740. The minimum atomic E-state index is -0.0541. The predicted octanol–water partition coefficient (Wildman–Crippen LogP) is 4.15. The first-order valence-corrected chi connectivity index (χ1v) is 7.74. The van der Waals surface area contributed by atoms with Gasteiger partial charge < -0.3 is 9.47 Å². The van der Waals surface area contributed by atoms with E-state index in [4.69, 9.17) is 9.47 Å². The Hall–Kier alpha value is -2.29. The highest BCUT2D eigenvalue weighted by Gasteiger charge is 2.29. The van der Waals surface area contributed by atoms with Gasteiger partial charge in [-0.05, 0) is 53.5 Å². The summed E-state index contributed by atoms with van der Waals surface area (Å²) in [6.45, 7) is 2.91. The van der Waals surface area contributed by atoms with E-state index < -0.39 is 0 Å². The largest absolute Gasteiger partial charge is 0.494 e. The van der Waals surface area contributed by atoms with Crippen LogP contribution in [0.4, 0.5) is 0 Å². The van der Waals surface area contributed by atoms with E-state index in [2.05, 4.69) is 6.92 Å². The van der Waals surface area contributed by atoms with Crippen molar-refractivity contribution in [2.45, 2.75) is 26.2 Å². The van der Waals surface area contributed by atoms with Crippen molar-refractivity contribution in [2.24, 2.45) is 0 Å². The Morgan fingerprint density at radius 3 is 2.73 bits per heavy atom. The number of hydrogen-bond donors (Lipinski definition) is 0. The lowest BCUT2D eigenvalue weighted by Gasteiger charge is -2.13. The zero-order valence-electron chi connectivity index (χ0n) is 13.0. The molecule has 0 fully saturated rings. The second-order valence-electron chi connectivity index (χ2n) is 5.51. The van der Waals surface area contributed by atoms with Crippen LogP contribution in [-0.2, 0) is 9.53 Å². The Morgan fingerprint density at radius 1 is 1.09 bits per heavy atom. The molecule has 3 heteroatoms. The van der Waals surface area contributed by atoms with Crippen LogP contribution >= 0.6 is 0 Å². The van der Waals surface area contributed by atoms with Crippen molar-refractivity contribution in [1.29, 1.82) is 0 Å². The monoisotopic (exact) mass is 296 g/mol. The van der Waals surface area contributed by atoms with Gasteiger partial charge in [0.25, 0.3) is 0 Å². The number of methoxy groups -OCH3 is 1. The number of ether oxygens (including phenoxy) is 2. The topological polar surface area (TPSA) is 35.5 Å². The predicted molar refractivity (Wildman–Crippen MR) is 87.5 cm³/mol. The van der Waals surface area contributed by atoms with Crippen molar-refractivity contribution >= 4 is 17.4 Å². The Bertz CT molecular complexity index is 693. The summed E-state index contributed by atoms with van der Waals surface area (Å²) in [5, 5.41) is 0. The van der Waals surface area contributed by atoms with Gasteiger partial charge in [0.2, 0.25) is 5.78 Å². The van der Waals surface area contributed by atoms with Crippen LogP contribution in [0.2, 0.25) is 0 Å². The fraction of sp³-hybridized carbons (Fsp3) is 0.316. The molecule has 3 rings (SSSR count). The highest BCUT2D eigenvalue weighted by molar-refractivity contribution is 6.25. The Labute approximate surface area is 130 Å². The van der Waals surface area contributed by atoms with E-state index in [1.54, 1.807) is 6.08 Å². The van der Waals surface area contributed by atoms with Crippen LogP contribution in [0.1, 0.15) is 37.3 Å². The third kappa shape index (κ3) is 2.59. The van der Waals surface area contributed by atoms with Gasteiger partial charge in [0.05, 0.1) is 13.7 Å². The lowest BCUT2D eigenvalue weighted by molar-refractivity contribution is -0.114. The van der Waals surface area contributed by atoms with Crippen LogP contribution in [0, 0.1) is 0 Å². The summed E-state index contributed by atoms with van der Waals surface area (Å²) in [7, 11) is 1.52. The van der Waals surface area contributed by atoms with Crippen molar-refractivity contribution in [3.05, 3.63) is 52.8 Å². The molecule has 22 heavy (non-hydrogen) atoms. The Kier molecular flexibility index (Phi) is 4.14. The molecule has 0 bridgehead atoms. The second kappa shape index (κ2) is 6.22.